The summed E-state index contributed by atoms with van der Waals surface area (Å²) in [4.78, 5) is 0. The van der Waals surface area contributed by atoms with Gasteiger partial charge in [0.1, 0.15) is 5.75 Å². The molecule has 3 heteroatoms. The van der Waals surface area contributed by atoms with Crippen molar-refractivity contribution in [3.8, 4) is 5.75 Å². The first-order valence-electron chi connectivity index (χ1n) is 7.30. The van der Waals surface area contributed by atoms with E-state index in [0.29, 0.717) is 22.9 Å². The number of hydrogen-bond acceptors (Lipinski definition) is 2. The molecule has 1 saturated carbocycles. The summed E-state index contributed by atoms with van der Waals surface area (Å²) in [6.45, 7) is 0. The molecule has 21 heavy (non-hydrogen) atoms. The second kappa shape index (κ2) is 6.08. The van der Waals surface area contributed by atoms with Gasteiger partial charge in [0.25, 0.3) is 0 Å². The fourth-order valence-electron chi connectivity index (χ4n) is 3.17. The number of ether oxygens (including phenoxy) is 1. The summed E-state index contributed by atoms with van der Waals surface area (Å²) in [6.07, 6.45) is 1.22. The molecule has 3 rings (SSSR count). The van der Waals surface area contributed by atoms with Gasteiger partial charge in [-0.05, 0) is 48.6 Å². The highest BCUT2D eigenvalue weighted by molar-refractivity contribution is 6.32. The third kappa shape index (κ3) is 2.92. The summed E-state index contributed by atoms with van der Waals surface area (Å²) < 4.78 is 5.23. The molecule has 0 saturated heterocycles. The lowest BCUT2D eigenvalue weighted by atomic mass is 9.99. The number of halogens is 1. The van der Waals surface area contributed by atoms with E-state index in [9.17, 15) is 0 Å². The molecule has 1 N–H and O–H groups in total. The van der Waals surface area contributed by atoms with Crippen molar-refractivity contribution in [3.63, 3.8) is 0 Å². The van der Waals surface area contributed by atoms with Gasteiger partial charge >= 0.3 is 0 Å². The zero-order valence-electron chi connectivity index (χ0n) is 12.3. The summed E-state index contributed by atoms with van der Waals surface area (Å²) in [5.41, 5.74) is 2.66. The van der Waals surface area contributed by atoms with E-state index in [4.69, 9.17) is 16.3 Å². The van der Waals surface area contributed by atoms with Crippen molar-refractivity contribution >= 4 is 11.6 Å². The summed E-state index contributed by atoms with van der Waals surface area (Å²) in [6, 6.07) is 17.1. The van der Waals surface area contributed by atoms with Crippen molar-refractivity contribution in [2.75, 3.05) is 14.2 Å². The Kier molecular flexibility index (Phi) is 4.18. The minimum atomic E-state index is 0.332. The lowest BCUT2D eigenvalue weighted by Gasteiger charge is -2.18. The maximum absolute atomic E-state index is 6.26. The lowest BCUT2D eigenvalue weighted by Crippen LogP contribution is -2.19. The van der Waals surface area contributed by atoms with E-state index in [1.807, 2.05) is 19.2 Å². The van der Waals surface area contributed by atoms with Gasteiger partial charge in [-0.3, -0.25) is 0 Å². The molecule has 0 heterocycles. The van der Waals surface area contributed by atoms with Gasteiger partial charge < -0.3 is 10.1 Å². The van der Waals surface area contributed by atoms with Crippen LogP contribution in [-0.4, -0.2) is 14.2 Å². The third-order valence-electron chi connectivity index (χ3n) is 4.34. The van der Waals surface area contributed by atoms with Crippen molar-refractivity contribution in [1.82, 2.24) is 5.32 Å². The highest BCUT2D eigenvalue weighted by atomic mass is 35.5. The second-order valence-electron chi connectivity index (χ2n) is 5.58. The number of nitrogens with one attached hydrogen (secondary N) is 1. The van der Waals surface area contributed by atoms with Gasteiger partial charge in [0.2, 0.25) is 0 Å². The molecule has 2 aromatic carbocycles. The van der Waals surface area contributed by atoms with Crippen LogP contribution in [0.1, 0.15) is 29.5 Å². The highest BCUT2D eigenvalue weighted by Crippen LogP contribution is 2.54. The molecule has 2 nitrogen and oxygen atoms in total. The molecular weight excluding hydrogens is 282 g/mol. The van der Waals surface area contributed by atoms with Crippen molar-refractivity contribution in [2.24, 2.45) is 5.92 Å². The van der Waals surface area contributed by atoms with Gasteiger partial charge in [-0.25, -0.2) is 0 Å². The Hall–Kier alpha value is -1.51. The van der Waals surface area contributed by atoms with Crippen LogP contribution in [0.4, 0.5) is 0 Å². The Morgan fingerprint density at radius 3 is 2.57 bits per heavy atom. The Morgan fingerprint density at radius 2 is 1.95 bits per heavy atom. The standard InChI is InChI=1S/C18H20ClNO/c1-20-18(13-8-9-17(21-2)16(19)10-13)15-11-14(15)12-6-4-3-5-7-12/h3-10,14-15,18,20H,11H2,1-2H3. The quantitative estimate of drug-likeness (QED) is 0.883. The van der Waals surface area contributed by atoms with E-state index in [1.165, 1.54) is 17.5 Å². The van der Waals surface area contributed by atoms with Crippen LogP contribution < -0.4 is 10.1 Å². The first kappa shape index (κ1) is 14.4. The molecule has 0 radical (unpaired) electrons. The number of benzene rings is 2. The van der Waals surface area contributed by atoms with Gasteiger partial charge in [0.05, 0.1) is 12.1 Å². The summed E-state index contributed by atoms with van der Waals surface area (Å²) in [5.74, 6) is 2.00. The molecule has 110 valence electrons. The SMILES string of the molecule is CNC(c1ccc(OC)c(Cl)c1)C1CC1c1ccccc1. The van der Waals surface area contributed by atoms with E-state index in [2.05, 4.69) is 41.7 Å². The van der Waals surface area contributed by atoms with Crippen LogP contribution in [0.2, 0.25) is 5.02 Å². The molecule has 1 fully saturated rings. The van der Waals surface area contributed by atoms with Gasteiger partial charge in [0.15, 0.2) is 0 Å². The molecule has 0 amide bonds. The molecule has 0 spiro atoms. The molecule has 3 unspecified atom stereocenters. The minimum absolute atomic E-state index is 0.332. The Labute approximate surface area is 131 Å². The van der Waals surface area contributed by atoms with Crippen molar-refractivity contribution in [3.05, 3.63) is 64.7 Å². The predicted molar refractivity (Wildman–Crippen MR) is 87.1 cm³/mol. The van der Waals surface area contributed by atoms with Crippen LogP contribution in [0.3, 0.4) is 0 Å². The van der Waals surface area contributed by atoms with E-state index >= 15 is 0 Å². The fourth-order valence-corrected chi connectivity index (χ4v) is 3.44. The molecule has 2 aromatic rings. The summed E-state index contributed by atoms with van der Waals surface area (Å²) in [7, 11) is 3.66. The van der Waals surface area contributed by atoms with Crippen LogP contribution >= 0.6 is 11.6 Å². The Balaban J connectivity index is 1.79. The average molecular weight is 302 g/mol. The zero-order valence-corrected chi connectivity index (χ0v) is 13.1. The largest absolute Gasteiger partial charge is 0.495 e. The first-order valence-corrected chi connectivity index (χ1v) is 7.68. The Bertz CT molecular complexity index is 614. The van der Waals surface area contributed by atoms with Crippen LogP contribution in [0.5, 0.6) is 5.75 Å². The van der Waals surface area contributed by atoms with Crippen LogP contribution in [-0.2, 0) is 0 Å². The van der Waals surface area contributed by atoms with Crippen molar-refractivity contribution in [2.45, 2.75) is 18.4 Å². The first-order chi connectivity index (χ1) is 10.2. The van der Waals surface area contributed by atoms with E-state index in [1.54, 1.807) is 7.11 Å². The molecular formula is C18H20ClNO. The predicted octanol–water partition coefficient (Wildman–Crippen LogP) is 4.41. The van der Waals surface area contributed by atoms with Gasteiger partial charge in [-0.15, -0.1) is 0 Å². The van der Waals surface area contributed by atoms with Gasteiger partial charge in [-0.2, -0.15) is 0 Å². The van der Waals surface area contributed by atoms with E-state index in [0.717, 1.165) is 5.75 Å². The molecule has 1 aliphatic carbocycles. The average Bonchev–Trinajstić information content (AvgIpc) is 3.30. The smallest absolute Gasteiger partial charge is 0.137 e. The lowest BCUT2D eigenvalue weighted by molar-refractivity contribution is 0.414. The normalized spacial score (nSPS) is 21.9. The van der Waals surface area contributed by atoms with Crippen LogP contribution in [0, 0.1) is 5.92 Å². The highest BCUT2D eigenvalue weighted by Gasteiger charge is 2.43. The Morgan fingerprint density at radius 1 is 1.19 bits per heavy atom. The number of rotatable bonds is 5. The maximum Gasteiger partial charge on any atom is 0.137 e. The molecule has 0 aromatic heterocycles. The number of methoxy groups -OCH3 is 1. The van der Waals surface area contributed by atoms with Crippen LogP contribution in [0.25, 0.3) is 0 Å². The summed E-state index contributed by atoms with van der Waals surface area (Å²) in [5, 5.41) is 4.12. The zero-order chi connectivity index (χ0) is 14.8. The maximum atomic E-state index is 6.26. The topological polar surface area (TPSA) is 21.3 Å². The van der Waals surface area contributed by atoms with E-state index < -0.39 is 0 Å². The fraction of sp³-hybridized carbons (Fsp3) is 0.333. The molecule has 0 aliphatic heterocycles. The monoisotopic (exact) mass is 301 g/mol. The van der Waals surface area contributed by atoms with Gasteiger partial charge in [0, 0.05) is 6.04 Å². The van der Waals surface area contributed by atoms with Crippen molar-refractivity contribution in [1.29, 1.82) is 0 Å². The van der Waals surface area contributed by atoms with Crippen molar-refractivity contribution < 1.29 is 4.74 Å². The minimum Gasteiger partial charge on any atom is -0.495 e. The van der Waals surface area contributed by atoms with Crippen LogP contribution in [0.15, 0.2) is 48.5 Å². The summed E-state index contributed by atoms with van der Waals surface area (Å²) >= 11 is 6.26. The number of hydrogen-bond donors (Lipinski definition) is 1. The second-order valence-corrected chi connectivity index (χ2v) is 5.98. The molecule has 1 aliphatic rings. The van der Waals surface area contributed by atoms with Gasteiger partial charge in [-0.1, -0.05) is 48.0 Å². The van der Waals surface area contributed by atoms with E-state index in [-0.39, 0.29) is 0 Å². The third-order valence-corrected chi connectivity index (χ3v) is 4.64. The molecule has 3 atom stereocenters. The molecule has 0 bridgehead atoms.